The number of morpholine rings is 1. The SMILES string of the molecule is CCC1CCCC(N2CCOCC2CO)C1. The molecule has 3 unspecified atom stereocenters. The molecule has 0 spiro atoms. The fourth-order valence-electron chi connectivity index (χ4n) is 3.24. The molecule has 2 aliphatic rings. The van der Waals surface area contributed by atoms with Crippen LogP contribution >= 0.6 is 0 Å². The van der Waals surface area contributed by atoms with E-state index in [2.05, 4.69) is 11.8 Å². The summed E-state index contributed by atoms with van der Waals surface area (Å²) >= 11 is 0. The quantitative estimate of drug-likeness (QED) is 0.795. The van der Waals surface area contributed by atoms with Crippen molar-refractivity contribution in [2.75, 3.05) is 26.4 Å². The third kappa shape index (κ3) is 2.76. The van der Waals surface area contributed by atoms with Gasteiger partial charge in [0.2, 0.25) is 0 Å². The van der Waals surface area contributed by atoms with E-state index in [-0.39, 0.29) is 12.6 Å². The highest BCUT2D eigenvalue weighted by Gasteiger charge is 2.32. The molecule has 2 fully saturated rings. The van der Waals surface area contributed by atoms with Gasteiger partial charge in [0.25, 0.3) is 0 Å². The van der Waals surface area contributed by atoms with Crippen LogP contribution in [0.2, 0.25) is 0 Å². The topological polar surface area (TPSA) is 32.7 Å². The molecule has 3 atom stereocenters. The van der Waals surface area contributed by atoms with Crippen molar-refractivity contribution in [1.82, 2.24) is 4.90 Å². The summed E-state index contributed by atoms with van der Waals surface area (Å²) in [6, 6.07) is 0.939. The van der Waals surface area contributed by atoms with Gasteiger partial charge in [0.15, 0.2) is 0 Å². The van der Waals surface area contributed by atoms with Gasteiger partial charge >= 0.3 is 0 Å². The van der Waals surface area contributed by atoms with Crippen LogP contribution < -0.4 is 0 Å². The van der Waals surface area contributed by atoms with Crippen molar-refractivity contribution in [2.45, 2.75) is 51.1 Å². The van der Waals surface area contributed by atoms with E-state index in [9.17, 15) is 5.11 Å². The van der Waals surface area contributed by atoms with Gasteiger partial charge in [0, 0.05) is 12.6 Å². The fourth-order valence-corrected chi connectivity index (χ4v) is 3.24. The van der Waals surface area contributed by atoms with Crippen LogP contribution in [0.1, 0.15) is 39.0 Å². The Morgan fingerprint density at radius 2 is 2.25 bits per heavy atom. The summed E-state index contributed by atoms with van der Waals surface area (Å²) in [5, 5.41) is 9.39. The summed E-state index contributed by atoms with van der Waals surface area (Å²) in [4.78, 5) is 2.51. The second-order valence-electron chi connectivity index (χ2n) is 5.24. The van der Waals surface area contributed by atoms with Gasteiger partial charge in [-0.1, -0.05) is 26.2 Å². The Labute approximate surface area is 98.8 Å². The number of nitrogens with zero attached hydrogens (tertiary/aromatic N) is 1. The second kappa shape index (κ2) is 5.99. The Morgan fingerprint density at radius 1 is 1.38 bits per heavy atom. The summed E-state index contributed by atoms with van der Waals surface area (Å²) in [6.45, 7) is 5.10. The van der Waals surface area contributed by atoms with Gasteiger partial charge in [0.05, 0.1) is 25.9 Å². The van der Waals surface area contributed by atoms with Crippen molar-refractivity contribution in [3.05, 3.63) is 0 Å². The number of aliphatic hydroxyl groups excluding tert-OH is 1. The van der Waals surface area contributed by atoms with Gasteiger partial charge in [-0.05, 0) is 18.8 Å². The highest BCUT2D eigenvalue weighted by atomic mass is 16.5. The molecule has 0 bridgehead atoms. The van der Waals surface area contributed by atoms with Crippen LogP contribution in [0, 0.1) is 5.92 Å². The molecule has 1 N–H and O–H groups in total. The molecule has 0 radical (unpaired) electrons. The van der Waals surface area contributed by atoms with E-state index in [1.807, 2.05) is 0 Å². The first-order chi connectivity index (χ1) is 7.85. The molecule has 1 aliphatic carbocycles. The number of ether oxygens (including phenoxy) is 1. The Bertz CT molecular complexity index is 210. The van der Waals surface area contributed by atoms with E-state index >= 15 is 0 Å². The predicted octanol–water partition coefficient (Wildman–Crippen LogP) is 1.65. The Morgan fingerprint density at radius 3 is 3.00 bits per heavy atom. The van der Waals surface area contributed by atoms with Gasteiger partial charge in [-0.2, -0.15) is 0 Å². The zero-order valence-corrected chi connectivity index (χ0v) is 10.4. The fraction of sp³-hybridized carbons (Fsp3) is 1.00. The molecule has 1 saturated heterocycles. The third-order valence-electron chi connectivity index (χ3n) is 4.29. The molecular formula is C13H25NO2. The van der Waals surface area contributed by atoms with Gasteiger partial charge in [0.1, 0.15) is 0 Å². The summed E-state index contributed by atoms with van der Waals surface area (Å²) < 4.78 is 5.45. The van der Waals surface area contributed by atoms with E-state index in [1.165, 1.54) is 32.1 Å². The van der Waals surface area contributed by atoms with Gasteiger partial charge in [-0.15, -0.1) is 0 Å². The van der Waals surface area contributed by atoms with Gasteiger partial charge in [-0.25, -0.2) is 0 Å². The van der Waals surface area contributed by atoms with Crippen molar-refractivity contribution in [2.24, 2.45) is 5.92 Å². The molecule has 0 aromatic rings. The van der Waals surface area contributed by atoms with Crippen LogP contribution in [0.4, 0.5) is 0 Å². The molecule has 3 heteroatoms. The van der Waals surface area contributed by atoms with E-state index in [0.29, 0.717) is 12.6 Å². The zero-order valence-electron chi connectivity index (χ0n) is 10.4. The Hall–Kier alpha value is -0.120. The molecule has 2 rings (SSSR count). The standard InChI is InChI=1S/C13H25NO2/c1-2-11-4-3-5-12(8-11)14-6-7-16-10-13(14)9-15/h11-13,15H,2-10H2,1H3. The highest BCUT2D eigenvalue weighted by molar-refractivity contribution is 4.85. The van der Waals surface area contributed by atoms with Crippen molar-refractivity contribution >= 4 is 0 Å². The van der Waals surface area contributed by atoms with E-state index in [1.54, 1.807) is 0 Å². The molecule has 94 valence electrons. The summed E-state index contributed by atoms with van der Waals surface area (Å²) in [5.41, 5.74) is 0. The van der Waals surface area contributed by atoms with E-state index < -0.39 is 0 Å². The average Bonchev–Trinajstić information content (AvgIpc) is 2.38. The third-order valence-corrected chi connectivity index (χ3v) is 4.29. The molecule has 3 nitrogen and oxygen atoms in total. The molecule has 0 amide bonds. The van der Waals surface area contributed by atoms with Gasteiger partial charge < -0.3 is 9.84 Å². The van der Waals surface area contributed by atoms with Crippen LogP contribution in [-0.4, -0.2) is 48.5 Å². The Kier molecular flexibility index (Phi) is 4.62. The van der Waals surface area contributed by atoms with Gasteiger partial charge in [-0.3, -0.25) is 4.90 Å². The lowest BCUT2D eigenvalue weighted by Crippen LogP contribution is -2.53. The highest BCUT2D eigenvalue weighted by Crippen LogP contribution is 2.31. The average molecular weight is 227 g/mol. The zero-order chi connectivity index (χ0) is 11.4. The molecule has 1 heterocycles. The number of aliphatic hydroxyl groups is 1. The molecule has 0 aromatic heterocycles. The molecule has 1 aliphatic heterocycles. The lowest BCUT2D eigenvalue weighted by molar-refractivity contribution is -0.0573. The van der Waals surface area contributed by atoms with Crippen molar-refractivity contribution < 1.29 is 9.84 Å². The van der Waals surface area contributed by atoms with Crippen LogP contribution in [0.5, 0.6) is 0 Å². The number of rotatable bonds is 3. The summed E-state index contributed by atoms with van der Waals surface area (Å²) in [7, 11) is 0. The maximum Gasteiger partial charge on any atom is 0.0644 e. The smallest absolute Gasteiger partial charge is 0.0644 e. The largest absolute Gasteiger partial charge is 0.395 e. The maximum atomic E-state index is 9.39. The molecule has 0 aromatic carbocycles. The second-order valence-corrected chi connectivity index (χ2v) is 5.24. The Balaban J connectivity index is 1.93. The minimum atomic E-state index is 0.243. The van der Waals surface area contributed by atoms with Crippen molar-refractivity contribution in [1.29, 1.82) is 0 Å². The first-order valence-electron chi connectivity index (χ1n) is 6.79. The number of hydrogen-bond donors (Lipinski definition) is 1. The van der Waals surface area contributed by atoms with Crippen LogP contribution in [0.3, 0.4) is 0 Å². The molecule has 1 saturated carbocycles. The lowest BCUT2D eigenvalue weighted by Gasteiger charge is -2.43. The minimum Gasteiger partial charge on any atom is -0.395 e. The maximum absolute atomic E-state index is 9.39. The van der Waals surface area contributed by atoms with E-state index in [4.69, 9.17) is 4.74 Å². The monoisotopic (exact) mass is 227 g/mol. The molecule has 16 heavy (non-hydrogen) atoms. The lowest BCUT2D eigenvalue weighted by atomic mass is 9.83. The summed E-state index contributed by atoms with van der Waals surface area (Å²) in [6.07, 6.45) is 6.71. The normalized spacial score (nSPS) is 37.5. The number of hydrogen-bond acceptors (Lipinski definition) is 3. The van der Waals surface area contributed by atoms with Crippen LogP contribution in [-0.2, 0) is 4.74 Å². The molecular weight excluding hydrogens is 202 g/mol. The minimum absolute atomic E-state index is 0.243. The van der Waals surface area contributed by atoms with E-state index in [0.717, 1.165) is 19.1 Å². The first-order valence-corrected chi connectivity index (χ1v) is 6.79. The predicted molar refractivity (Wildman–Crippen MR) is 64.4 cm³/mol. The van der Waals surface area contributed by atoms with Crippen LogP contribution in [0.15, 0.2) is 0 Å². The van der Waals surface area contributed by atoms with Crippen molar-refractivity contribution in [3.8, 4) is 0 Å². The van der Waals surface area contributed by atoms with Crippen molar-refractivity contribution in [3.63, 3.8) is 0 Å². The first kappa shape index (κ1) is 12.3. The van der Waals surface area contributed by atoms with Crippen LogP contribution in [0.25, 0.3) is 0 Å². The summed E-state index contributed by atoms with van der Waals surface area (Å²) in [5.74, 6) is 0.904.